The van der Waals surface area contributed by atoms with Crippen LogP contribution < -0.4 is 5.32 Å². The van der Waals surface area contributed by atoms with Gasteiger partial charge in [0.05, 0.1) is 11.0 Å². The standard InChI is InChI=1S/C13H14N2O5/c16-13(17)4-2-9-1-3-12(15(18)19)11(7-9)14-8-10-5-6-20-10/h1-4,7,10,14H,5-6,8H2,(H,16,17)/b4-2+. The predicted octanol–water partition coefficient (Wildman–Crippen LogP) is 1.89. The molecule has 1 aliphatic rings. The molecule has 1 saturated heterocycles. The van der Waals surface area contributed by atoms with Gasteiger partial charge in [-0.25, -0.2) is 4.79 Å². The number of carboxylic acid groups (broad SMARTS) is 1. The molecule has 7 nitrogen and oxygen atoms in total. The highest BCUT2D eigenvalue weighted by atomic mass is 16.6. The zero-order chi connectivity index (χ0) is 14.5. The number of carboxylic acids is 1. The van der Waals surface area contributed by atoms with Gasteiger partial charge in [-0.15, -0.1) is 0 Å². The largest absolute Gasteiger partial charge is 0.478 e. The maximum absolute atomic E-state index is 10.9. The quantitative estimate of drug-likeness (QED) is 0.468. The average Bonchev–Trinajstić information content (AvgIpc) is 2.34. The Kier molecular flexibility index (Phi) is 4.31. The van der Waals surface area contributed by atoms with Crippen LogP contribution in [0.3, 0.4) is 0 Å². The molecule has 1 heterocycles. The van der Waals surface area contributed by atoms with Crippen LogP contribution in [0.15, 0.2) is 24.3 Å². The smallest absolute Gasteiger partial charge is 0.328 e. The van der Waals surface area contributed by atoms with E-state index in [-0.39, 0.29) is 11.8 Å². The summed E-state index contributed by atoms with van der Waals surface area (Å²) in [6, 6.07) is 4.41. The fraction of sp³-hybridized carbons (Fsp3) is 0.308. The highest BCUT2D eigenvalue weighted by Crippen LogP contribution is 2.26. The third-order valence-electron chi connectivity index (χ3n) is 2.95. The topological polar surface area (TPSA) is 102 Å². The van der Waals surface area contributed by atoms with E-state index in [0.717, 1.165) is 19.1 Å². The number of nitrogens with one attached hydrogen (secondary N) is 1. The predicted molar refractivity (Wildman–Crippen MR) is 72.6 cm³/mol. The average molecular weight is 278 g/mol. The van der Waals surface area contributed by atoms with Crippen molar-refractivity contribution in [3.8, 4) is 0 Å². The zero-order valence-electron chi connectivity index (χ0n) is 10.6. The van der Waals surface area contributed by atoms with Gasteiger partial charge in [0.25, 0.3) is 5.69 Å². The molecule has 20 heavy (non-hydrogen) atoms. The van der Waals surface area contributed by atoms with Crippen molar-refractivity contribution in [2.24, 2.45) is 0 Å². The molecule has 0 radical (unpaired) electrons. The van der Waals surface area contributed by atoms with Crippen molar-refractivity contribution in [2.75, 3.05) is 18.5 Å². The summed E-state index contributed by atoms with van der Waals surface area (Å²) in [4.78, 5) is 20.9. The van der Waals surface area contributed by atoms with E-state index >= 15 is 0 Å². The molecule has 0 aliphatic carbocycles. The number of carbonyl (C=O) groups is 1. The Labute approximate surface area is 115 Å². The number of nitro benzene ring substituents is 1. The molecule has 2 N–H and O–H groups in total. The van der Waals surface area contributed by atoms with Crippen LogP contribution in [0.1, 0.15) is 12.0 Å². The van der Waals surface area contributed by atoms with Crippen LogP contribution in [0.4, 0.5) is 11.4 Å². The van der Waals surface area contributed by atoms with E-state index in [0.29, 0.717) is 17.8 Å². The molecular weight excluding hydrogens is 264 g/mol. The minimum Gasteiger partial charge on any atom is -0.478 e. The van der Waals surface area contributed by atoms with Crippen molar-refractivity contribution in [2.45, 2.75) is 12.5 Å². The number of hydrogen-bond acceptors (Lipinski definition) is 5. The fourth-order valence-electron chi connectivity index (χ4n) is 1.79. The van der Waals surface area contributed by atoms with Crippen LogP contribution in [0.2, 0.25) is 0 Å². The third-order valence-corrected chi connectivity index (χ3v) is 2.95. The molecule has 0 aromatic heterocycles. The third kappa shape index (κ3) is 3.55. The van der Waals surface area contributed by atoms with E-state index in [4.69, 9.17) is 9.84 Å². The molecule has 7 heteroatoms. The summed E-state index contributed by atoms with van der Waals surface area (Å²) in [5.41, 5.74) is 0.893. The first kappa shape index (κ1) is 14.0. The van der Waals surface area contributed by atoms with E-state index < -0.39 is 10.9 Å². The minimum atomic E-state index is -1.07. The summed E-state index contributed by atoms with van der Waals surface area (Å²) in [7, 11) is 0. The van der Waals surface area contributed by atoms with Crippen molar-refractivity contribution in [1.29, 1.82) is 0 Å². The number of nitro groups is 1. The maximum atomic E-state index is 10.9. The van der Waals surface area contributed by atoms with Crippen molar-refractivity contribution >= 4 is 23.4 Å². The van der Waals surface area contributed by atoms with Crippen LogP contribution in [0.5, 0.6) is 0 Å². The number of aliphatic carboxylic acids is 1. The highest BCUT2D eigenvalue weighted by Gasteiger charge is 2.20. The Morgan fingerprint density at radius 2 is 2.35 bits per heavy atom. The summed E-state index contributed by atoms with van der Waals surface area (Å²) in [6.45, 7) is 1.21. The maximum Gasteiger partial charge on any atom is 0.328 e. The van der Waals surface area contributed by atoms with Crippen molar-refractivity contribution in [3.63, 3.8) is 0 Å². The molecule has 1 aromatic rings. The van der Waals surface area contributed by atoms with Gasteiger partial charge in [0, 0.05) is 25.3 Å². The molecule has 2 rings (SSSR count). The lowest BCUT2D eigenvalue weighted by molar-refractivity contribution is -0.384. The lowest BCUT2D eigenvalue weighted by Crippen LogP contribution is -2.33. The summed E-state index contributed by atoms with van der Waals surface area (Å²) in [5.74, 6) is -1.07. The van der Waals surface area contributed by atoms with Gasteiger partial charge in [-0.05, 0) is 30.2 Å². The highest BCUT2D eigenvalue weighted by molar-refractivity contribution is 5.85. The first-order valence-corrected chi connectivity index (χ1v) is 6.11. The van der Waals surface area contributed by atoms with E-state index in [1.54, 1.807) is 6.07 Å². The van der Waals surface area contributed by atoms with Gasteiger partial charge in [-0.2, -0.15) is 0 Å². The molecule has 1 atom stereocenters. The number of nitrogens with zero attached hydrogens (tertiary/aromatic N) is 1. The zero-order valence-corrected chi connectivity index (χ0v) is 10.6. The van der Waals surface area contributed by atoms with E-state index in [1.807, 2.05) is 0 Å². The number of hydrogen-bond donors (Lipinski definition) is 2. The van der Waals surface area contributed by atoms with Crippen molar-refractivity contribution in [1.82, 2.24) is 0 Å². The first-order valence-electron chi connectivity index (χ1n) is 6.11. The van der Waals surface area contributed by atoms with Crippen LogP contribution in [-0.4, -0.2) is 35.3 Å². The molecule has 106 valence electrons. The van der Waals surface area contributed by atoms with Gasteiger partial charge in [0.15, 0.2) is 0 Å². The van der Waals surface area contributed by atoms with Gasteiger partial charge in [-0.3, -0.25) is 10.1 Å². The molecular formula is C13H14N2O5. The summed E-state index contributed by atoms with van der Waals surface area (Å²) in [6.07, 6.45) is 3.38. The summed E-state index contributed by atoms with van der Waals surface area (Å²) < 4.78 is 5.24. The SMILES string of the molecule is O=C(O)/C=C/c1ccc([N+](=O)[O-])c(NCC2CCO2)c1. The molecule has 0 amide bonds. The normalized spacial score (nSPS) is 17.7. The Morgan fingerprint density at radius 3 is 2.90 bits per heavy atom. The summed E-state index contributed by atoms with van der Waals surface area (Å²) in [5, 5.41) is 22.5. The van der Waals surface area contributed by atoms with Gasteiger partial charge < -0.3 is 15.2 Å². The molecule has 0 bridgehead atoms. The minimum absolute atomic E-state index is 0.0446. The van der Waals surface area contributed by atoms with E-state index in [2.05, 4.69) is 5.32 Å². The summed E-state index contributed by atoms with van der Waals surface area (Å²) >= 11 is 0. The number of benzene rings is 1. The lowest BCUT2D eigenvalue weighted by atomic mass is 10.1. The molecule has 0 saturated carbocycles. The molecule has 1 fully saturated rings. The molecule has 1 aliphatic heterocycles. The Bertz CT molecular complexity index is 552. The molecule has 0 spiro atoms. The van der Waals surface area contributed by atoms with Gasteiger partial charge in [0.2, 0.25) is 0 Å². The van der Waals surface area contributed by atoms with Gasteiger partial charge in [-0.1, -0.05) is 0 Å². The number of rotatable bonds is 6. The molecule has 1 unspecified atom stereocenters. The van der Waals surface area contributed by atoms with Crippen LogP contribution in [0.25, 0.3) is 6.08 Å². The van der Waals surface area contributed by atoms with Crippen LogP contribution in [-0.2, 0) is 9.53 Å². The van der Waals surface area contributed by atoms with Gasteiger partial charge in [0.1, 0.15) is 5.69 Å². The monoisotopic (exact) mass is 278 g/mol. The van der Waals surface area contributed by atoms with E-state index in [9.17, 15) is 14.9 Å². The van der Waals surface area contributed by atoms with Crippen molar-refractivity contribution in [3.05, 3.63) is 40.0 Å². The second-order valence-corrected chi connectivity index (χ2v) is 4.37. The number of anilines is 1. The Hall–Kier alpha value is -2.41. The lowest BCUT2D eigenvalue weighted by Gasteiger charge is -2.26. The van der Waals surface area contributed by atoms with E-state index in [1.165, 1.54) is 18.2 Å². The van der Waals surface area contributed by atoms with Crippen LogP contribution in [0, 0.1) is 10.1 Å². The Morgan fingerprint density at radius 1 is 1.60 bits per heavy atom. The van der Waals surface area contributed by atoms with Gasteiger partial charge >= 0.3 is 5.97 Å². The Balaban J connectivity index is 2.16. The second kappa shape index (κ2) is 6.16. The molecule has 1 aromatic carbocycles. The van der Waals surface area contributed by atoms with Crippen molar-refractivity contribution < 1.29 is 19.6 Å². The fourth-order valence-corrected chi connectivity index (χ4v) is 1.79. The first-order chi connectivity index (χ1) is 9.56. The van der Waals surface area contributed by atoms with Crippen LogP contribution >= 0.6 is 0 Å². The second-order valence-electron chi connectivity index (χ2n) is 4.37. The number of ether oxygens (including phenoxy) is 1.